The minimum absolute atomic E-state index is 0.281. The van der Waals surface area contributed by atoms with Gasteiger partial charge in [-0.1, -0.05) is 26.0 Å². The molecule has 0 radical (unpaired) electrons. The molecule has 0 aliphatic rings. The standard InChI is InChI=1S/C16H27NO2/c1-6-19-11-16(12(2)3)17-13(4)14-8-7-9-15(10-14)18-5/h7-10,12-13,16-17H,6,11H2,1-5H3. The van der Waals surface area contributed by atoms with Crippen molar-refractivity contribution in [3.63, 3.8) is 0 Å². The van der Waals surface area contributed by atoms with Gasteiger partial charge in [0.2, 0.25) is 0 Å². The Morgan fingerprint density at radius 2 is 1.95 bits per heavy atom. The normalized spacial score (nSPS) is 14.4. The van der Waals surface area contributed by atoms with Gasteiger partial charge in [0.1, 0.15) is 5.75 Å². The van der Waals surface area contributed by atoms with Gasteiger partial charge in [-0.25, -0.2) is 0 Å². The molecule has 3 heteroatoms. The summed E-state index contributed by atoms with van der Waals surface area (Å²) in [7, 11) is 1.70. The molecule has 0 aliphatic heterocycles. The third-order valence-electron chi connectivity index (χ3n) is 3.36. The zero-order valence-corrected chi connectivity index (χ0v) is 12.8. The Balaban J connectivity index is 2.66. The lowest BCUT2D eigenvalue weighted by Crippen LogP contribution is -2.39. The van der Waals surface area contributed by atoms with Gasteiger partial charge in [0, 0.05) is 18.7 Å². The molecule has 0 spiro atoms. The van der Waals surface area contributed by atoms with Gasteiger partial charge in [-0.15, -0.1) is 0 Å². The molecular weight excluding hydrogens is 238 g/mol. The molecule has 0 saturated heterocycles. The lowest BCUT2D eigenvalue weighted by atomic mass is 10.0. The molecular formula is C16H27NO2. The van der Waals surface area contributed by atoms with Gasteiger partial charge in [0.05, 0.1) is 13.7 Å². The molecule has 0 amide bonds. The van der Waals surface area contributed by atoms with Crippen LogP contribution in [0.15, 0.2) is 24.3 Å². The van der Waals surface area contributed by atoms with Crippen molar-refractivity contribution in [3.05, 3.63) is 29.8 Å². The summed E-state index contributed by atoms with van der Waals surface area (Å²) in [5.41, 5.74) is 1.24. The van der Waals surface area contributed by atoms with Crippen LogP contribution >= 0.6 is 0 Å². The Bertz CT molecular complexity index is 366. The third kappa shape index (κ3) is 5.21. The average molecular weight is 265 g/mol. The second-order valence-electron chi connectivity index (χ2n) is 5.17. The van der Waals surface area contributed by atoms with Gasteiger partial charge in [-0.2, -0.15) is 0 Å². The van der Waals surface area contributed by atoms with Crippen LogP contribution in [0, 0.1) is 5.92 Å². The molecule has 1 aromatic rings. The number of hydrogen-bond donors (Lipinski definition) is 1. The molecule has 2 atom stereocenters. The molecule has 0 aromatic heterocycles. The van der Waals surface area contributed by atoms with E-state index in [0.29, 0.717) is 12.0 Å². The van der Waals surface area contributed by atoms with Gasteiger partial charge < -0.3 is 14.8 Å². The van der Waals surface area contributed by atoms with E-state index in [-0.39, 0.29) is 6.04 Å². The number of ether oxygens (including phenoxy) is 2. The number of rotatable bonds is 8. The van der Waals surface area contributed by atoms with E-state index >= 15 is 0 Å². The van der Waals surface area contributed by atoms with Gasteiger partial charge in [0.15, 0.2) is 0 Å². The van der Waals surface area contributed by atoms with Crippen molar-refractivity contribution in [2.75, 3.05) is 20.3 Å². The summed E-state index contributed by atoms with van der Waals surface area (Å²) in [4.78, 5) is 0. The van der Waals surface area contributed by atoms with Crippen LogP contribution in [-0.2, 0) is 4.74 Å². The van der Waals surface area contributed by atoms with Crippen LogP contribution < -0.4 is 10.1 Å². The molecule has 3 nitrogen and oxygen atoms in total. The second kappa shape index (κ2) is 8.18. The van der Waals surface area contributed by atoms with Crippen molar-refractivity contribution in [1.29, 1.82) is 0 Å². The molecule has 0 bridgehead atoms. The Labute approximate surface area is 117 Å². The maximum Gasteiger partial charge on any atom is 0.119 e. The van der Waals surface area contributed by atoms with Crippen molar-refractivity contribution in [1.82, 2.24) is 5.32 Å². The van der Waals surface area contributed by atoms with Gasteiger partial charge in [0.25, 0.3) is 0 Å². The lowest BCUT2D eigenvalue weighted by molar-refractivity contribution is 0.104. The topological polar surface area (TPSA) is 30.5 Å². The highest BCUT2D eigenvalue weighted by molar-refractivity contribution is 5.30. The monoisotopic (exact) mass is 265 g/mol. The first-order valence-electron chi connectivity index (χ1n) is 7.06. The maximum absolute atomic E-state index is 5.55. The van der Waals surface area contributed by atoms with Gasteiger partial charge in [-0.3, -0.25) is 0 Å². The zero-order valence-electron chi connectivity index (χ0n) is 12.8. The molecule has 2 unspecified atom stereocenters. The van der Waals surface area contributed by atoms with Crippen LogP contribution in [0.25, 0.3) is 0 Å². The minimum atomic E-state index is 0.281. The SMILES string of the molecule is CCOCC(NC(C)c1cccc(OC)c1)C(C)C. The van der Waals surface area contributed by atoms with Crippen LogP contribution in [0.3, 0.4) is 0 Å². The fraction of sp³-hybridized carbons (Fsp3) is 0.625. The number of nitrogens with one attached hydrogen (secondary N) is 1. The largest absolute Gasteiger partial charge is 0.497 e. The number of hydrogen-bond acceptors (Lipinski definition) is 3. The summed E-state index contributed by atoms with van der Waals surface area (Å²) < 4.78 is 10.8. The molecule has 19 heavy (non-hydrogen) atoms. The van der Waals surface area contributed by atoms with Crippen LogP contribution in [0.1, 0.15) is 39.3 Å². The highest BCUT2D eigenvalue weighted by Crippen LogP contribution is 2.20. The molecule has 1 N–H and O–H groups in total. The Morgan fingerprint density at radius 3 is 2.53 bits per heavy atom. The summed E-state index contributed by atoms with van der Waals surface area (Å²) in [6.07, 6.45) is 0. The third-order valence-corrected chi connectivity index (χ3v) is 3.36. The van der Waals surface area contributed by atoms with Gasteiger partial charge in [-0.05, 0) is 37.5 Å². The van der Waals surface area contributed by atoms with Crippen molar-refractivity contribution in [3.8, 4) is 5.75 Å². The molecule has 0 fully saturated rings. The lowest BCUT2D eigenvalue weighted by Gasteiger charge is -2.26. The Kier molecular flexibility index (Phi) is 6.89. The van der Waals surface area contributed by atoms with Crippen molar-refractivity contribution < 1.29 is 9.47 Å². The van der Waals surface area contributed by atoms with E-state index in [0.717, 1.165) is 19.0 Å². The van der Waals surface area contributed by atoms with E-state index in [1.807, 2.05) is 19.1 Å². The summed E-state index contributed by atoms with van der Waals surface area (Å²) in [6, 6.07) is 8.84. The summed E-state index contributed by atoms with van der Waals surface area (Å²) in [5.74, 6) is 1.44. The maximum atomic E-state index is 5.55. The second-order valence-corrected chi connectivity index (χ2v) is 5.17. The van der Waals surface area contributed by atoms with Crippen molar-refractivity contribution >= 4 is 0 Å². The first-order chi connectivity index (χ1) is 9.08. The fourth-order valence-corrected chi connectivity index (χ4v) is 2.01. The molecule has 0 saturated carbocycles. The number of methoxy groups -OCH3 is 1. The van der Waals surface area contributed by atoms with Crippen molar-refractivity contribution in [2.45, 2.75) is 39.8 Å². The molecule has 0 aliphatic carbocycles. The fourth-order valence-electron chi connectivity index (χ4n) is 2.01. The number of benzene rings is 1. The summed E-state index contributed by atoms with van der Waals surface area (Å²) in [6.45, 7) is 10.2. The Morgan fingerprint density at radius 1 is 1.21 bits per heavy atom. The van der Waals surface area contributed by atoms with Crippen LogP contribution in [0.2, 0.25) is 0 Å². The average Bonchev–Trinajstić information content (AvgIpc) is 2.42. The summed E-state index contributed by atoms with van der Waals surface area (Å²) in [5, 5.41) is 3.64. The smallest absolute Gasteiger partial charge is 0.119 e. The predicted octanol–water partition coefficient (Wildman–Crippen LogP) is 3.41. The van der Waals surface area contributed by atoms with Gasteiger partial charge >= 0.3 is 0 Å². The van der Waals surface area contributed by atoms with E-state index in [4.69, 9.17) is 9.47 Å². The Hall–Kier alpha value is -1.06. The minimum Gasteiger partial charge on any atom is -0.497 e. The van der Waals surface area contributed by atoms with E-state index < -0.39 is 0 Å². The van der Waals surface area contributed by atoms with E-state index in [1.165, 1.54) is 5.56 Å². The zero-order chi connectivity index (χ0) is 14.3. The first kappa shape index (κ1) is 16.0. The van der Waals surface area contributed by atoms with E-state index in [1.54, 1.807) is 7.11 Å². The highest BCUT2D eigenvalue weighted by Gasteiger charge is 2.17. The summed E-state index contributed by atoms with van der Waals surface area (Å²) >= 11 is 0. The van der Waals surface area contributed by atoms with Crippen LogP contribution in [0.5, 0.6) is 5.75 Å². The first-order valence-corrected chi connectivity index (χ1v) is 7.06. The van der Waals surface area contributed by atoms with Crippen LogP contribution in [0.4, 0.5) is 0 Å². The predicted molar refractivity (Wildman–Crippen MR) is 79.7 cm³/mol. The van der Waals surface area contributed by atoms with Crippen molar-refractivity contribution in [2.24, 2.45) is 5.92 Å². The quantitative estimate of drug-likeness (QED) is 0.781. The molecule has 1 aromatic carbocycles. The van der Waals surface area contributed by atoms with Crippen LogP contribution in [-0.4, -0.2) is 26.4 Å². The molecule has 1 rings (SSSR count). The van der Waals surface area contributed by atoms with E-state index in [2.05, 4.69) is 38.2 Å². The molecule has 108 valence electrons. The highest BCUT2D eigenvalue weighted by atomic mass is 16.5. The van der Waals surface area contributed by atoms with E-state index in [9.17, 15) is 0 Å². The molecule has 0 heterocycles.